The molecule has 1 aromatic carbocycles. The third kappa shape index (κ3) is 3.18. The molecule has 2 aromatic heterocycles. The van der Waals surface area contributed by atoms with Crippen molar-refractivity contribution in [3.05, 3.63) is 64.2 Å². The topological polar surface area (TPSA) is 96.1 Å². The van der Waals surface area contributed by atoms with E-state index in [1.165, 1.54) is 31.5 Å². The van der Waals surface area contributed by atoms with Crippen molar-refractivity contribution in [1.82, 2.24) is 4.98 Å². The predicted molar refractivity (Wildman–Crippen MR) is 91.3 cm³/mol. The first-order valence-electron chi connectivity index (χ1n) is 7.14. The van der Waals surface area contributed by atoms with Gasteiger partial charge in [-0.25, -0.2) is 4.79 Å². The summed E-state index contributed by atoms with van der Waals surface area (Å²) in [7, 11) is 1.23. The molecule has 0 amide bonds. The monoisotopic (exact) mass is 354 g/mol. The Morgan fingerprint density at radius 2 is 2.12 bits per heavy atom. The number of ether oxygens (including phenoxy) is 1. The first kappa shape index (κ1) is 16.6. The van der Waals surface area contributed by atoms with Gasteiger partial charge in [0, 0.05) is 33.8 Å². The maximum absolute atomic E-state index is 12.7. The van der Waals surface area contributed by atoms with Crippen LogP contribution in [0.5, 0.6) is 0 Å². The molecule has 0 atom stereocenters. The van der Waals surface area contributed by atoms with E-state index in [2.05, 4.69) is 9.72 Å². The van der Waals surface area contributed by atoms with Gasteiger partial charge in [-0.15, -0.1) is 0 Å². The van der Waals surface area contributed by atoms with Crippen molar-refractivity contribution in [2.24, 2.45) is 0 Å². The molecule has 0 aliphatic rings. The van der Waals surface area contributed by atoms with Gasteiger partial charge in [-0.2, -0.15) is 5.26 Å². The number of carbonyl (C=O) groups is 2. The van der Waals surface area contributed by atoms with Crippen LogP contribution < -0.4 is 0 Å². The normalized spacial score (nSPS) is 11.3. The summed E-state index contributed by atoms with van der Waals surface area (Å²) in [5.74, 6) is -0.918. The first-order valence-corrected chi connectivity index (χ1v) is 7.52. The molecule has 7 heteroatoms. The van der Waals surface area contributed by atoms with Gasteiger partial charge < -0.3 is 14.1 Å². The summed E-state index contributed by atoms with van der Waals surface area (Å²) in [6, 6.07) is 9.81. The Kier molecular flexibility index (Phi) is 4.42. The van der Waals surface area contributed by atoms with E-state index in [-0.39, 0.29) is 17.1 Å². The fourth-order valence-corrected chi connectivity index (χ4v) is 2.54. The zero-order valence-electron chi connectivity index (χ0n) is 13.0. The van der Waals surface area contributed by atoms with Crippen molar-refractivity contribution in [2.75, 3.05) is 7.11 Å². The van der Waals surface area contributed by atoms with E-state index in [9.17, 15) is 14.9 Å². The number of Topliss-reactive ketones (excluding diaryl/α,β-unsaturated/α-hetero) is 1. The minimum absolute atomic E-state index is 0.0137. The smallest absolute Gasteiger partial charge is 0.373 e. The number of furan rings is 1. The molecular weight excluding hydrogens is 344 g/mol. The lowest BCUT2D eigenvalue weighted by molar-refractivity contribution is 0.0564. The third-order valence-corrected chi connectivity index (χ3v) is 3.79. The van der Waals surface area contributed by atoms with E-state index in [0.29, 0.717) is 21.5 Å². The van der Waals surface area contributed by atoms with Gasteiger partial charge in [0.15, 0.2) is 0 Å². The number of hydrogen-bond acceptors (Lipinski definition) is 5. The van der Waals surface area contributed by atoms with Crippen LogP contribution >= 0.6 is 11.6 Å². The number of nitriles is 1. The average molecular weight is 355 g/mol. The summed E-state index contributed by atoms with van der Waals surface area (Å²) in [4.78, 5) is 27.0. The van der Waals surface area contributed by atoms with Crippen molar-refractivity contribution in [1.29, 1.82) is 5.26 Å². The highest BCUT2D eigenvalue weighted by molar-refractivity contribution is 6.31. The average Bonchev–Trinajstić information content (AvgIpc) is 3.24. The molecule has 0 bridgehead atoms. The van der Waals surface area contributed by atoms with E-state index in [1.54, 1.807) is 18.2 Å². The quantitative estimate of drug-likeness (QED) is 0.331. The van der Waals surface area contributed by atoms with Crippen LogP contribution in [0.15, 0.2) is 46.5 Å². The van der Waals surface area contributed by atoms with Crippen LogP contribution in [0.1, 0.15) is 26.7 Å². The third-order valence-electron chi connectivity index (χ3n) is 3.55. The Bertz CT molecular complexity index is 1050. The fraction of sp³-hybridized carbons (Fsp3) is 0.0556. The number of allylic oxidation sites excluding steroid dienone is 1. The molecule has 25 heavy (non-hydrogen) atoms. The second kappa shape index (κ2) is 6.67. The van der Waals surface area contributed by atoms with E-state index in [4.69, 9.17) is 16.0 Å². The number of carbonyl (C=O) groups excluding carboxylic acids is 2. The summed E-state index contributed by atoms with van der Waals surface area (Å²) < 4.78 is 9.80. The fourth-order valence-electron chi connectivity index (χ4n) is 2.36. The lowest BCUT2D eigenvalue weighted by Crippen LogP contribution is -2.01. The van der Waals surface area contributed by atoms with E-state index >= 15 is 0 Å². The molecule has 0 unspecified atom stereocenters. The van der Waals surface area contributed by atoms with Crippen LogP contribution in [0.2, 0.25) is 5.02 Å². The van der Waals surface area contributed by atoms with Crippen molar-refractivity contribution < 1.29 is 18.7 Å². The number of nitrogens with one attached hydrogen (secondary N) is 1. The number of rotatable bonds is 4. The van der Waals surface area contributed by atoms with Gasteiger partial charge >= 0.3 is 5.97 Å². The van der Waals surface area contributed by atoms with Crippen LogP contribution in [-0.4, -0.2) is 23.8 Å². The minimum atomic E-state index is -0.641. The molecule has 0 aliphatic carbocycles. The first-order chi connectivity index (χ1) is 12.0. The predicted octanol–water partition coefficient (Wildman–Crippen LogP) is 3.99. The van der Waals surface area contributed by atoms with E-state index in [0.717, 1.165) is 0 Å². The van der Waals surface area contributed by atoms with E-state index in [1.807, 2.05) is 6.07 Å². The zero-order chi connectivity index (χ0) is 18.0. The number of nitrogens with zero attached hydrogens (tertiary/aromatic N) is 1. The zero-order valence-corrected chi connectivity index (χ0v) is 13.8. The van der Waals surface area contributed by atoms with Crippen LogP contribution in [0.4, 0.5) is 0 Å². The second-order valence-electron chi connectivity index (χ2n) is 5.08. The summed E-state index contributed by atoms with van der Waals surface area (Å²) in [6.07, 6.45) is 2.81. The number of H-pyrrole nitrogens is 1. The van der Waals surface area contributed by atoms with Crippen molar-refractivity contribution in [3.8, 4) is 6.07 Å². The molecule has 3 rings (SSSR count). The molecular formula is C18H11ClN2O4. The Labute approximate surface area is 147 Å². The molecule has 124 valence electrons. The standard InChI is InChI=1S/C18H11ClN2O4/c1-24-18(23)16-5-3-12(25-16)6-10(8-20)17(22)14-9-21-15-7-11(19)2-4-13(14)15/h2-7,9,21H,1H3/b10-6+. The number of aromatic amines is 1. The highest BCUT2D eigenvalue weighted by Crippen LogP contribution is 2.24. The number of esters is 1. The summed E-state index contributed by atoms with van der Waals surface area (Å²) in [5, 5.41) is 10.5. The van der Waals surface area contributed by atoms with Crippen LogP contribution in [-0.2, 0) is 4.74 Å². The molecule has 6 nitrogen and oxygen atoms in total. The van der Waals surface area contributed by atoms with Crippen molar-refractivity contribution >= 4 is 40.3 Å². The molecule has 0 radical (unpaired) electrons. The number of halogens is 1. The van der Waals surface area contributed by atoms with Gasteiger partial charge in [0.1, 0.15) is 17.4 Å². The maximum atomic E-state index is 12.7. The van der Waals surface area contributed by atoms with Crippen LogP contribution in [0, 0.1) is 11.3 Å². The number of ketones is 1. The summed E-state index contributed by atoms with van der Waals surface area (Å²) >= 11 is 5.93. The molecule has 2 heterocycles. The number of fused-ring (bicyclic) bond motifs is 1. The number of hydrogen-bond donors (Lipinski definition) is 1. The van der Waals surface area contributed by atoms with Crippen molar-refractivity contribution in [2.45, 2.75) is 0 Å². The van der Waals surface area contributed by atoms with Gasteiger partial charge in [-0.05, 0) is 24.3 Å². The molecule has 0 saturated heterocycles. The number of benzene rings is 1. The highest BCUT2D eigenvalue weighted by Gasteiger charge is 2.18. The van der Waals surface area contributed by atoms with Crippen LogP contribution in [0.3, 0.4) is 0 Å². The van der Waals surface area contributed by atoms with Gasteiger partial charge in [0.2, 0.25) is 11.5 Å². The lowest BCUT2D eigenvalue weighted by Gasteiger charge is -1.98. The molecule has 0 aliphatic heterocycles. The Hall–Kier alpha value is -3.30. The molecule has 0 saturated carbocycles. The van der Waals surface area contributed by atoms with Gasteiger partial charge in [-0.1, -0.05) is 17.7 Å². The highest BCUT2D eigenvalue weighted by atomic mass is 35.5. The minimum Gasteiger partial charge on any atom is -0.463 e. The Morgan fingerprint density at radius 1 is 1.32 bits per heavy atom. The summed E-state index contributed by atoms with van der Waals surface area (Å²) in [5.41, 5.74) is 0.917. The van der Waals surface area contributed by atoms with E-state index < -0.39 is 11.8 Å². The van der Waals surface area contributed by atoms with Gasteiger partial charge in [-0.3, -0.25) is 4.79 Å². The second-order valence-corrected chi connectivity index (χ2v) is 5.52. The van der Waals surface area contributed by atoms with Crippen LogP contribution in [0.25, 0.3) is 17.0 Å². The Balaban J connectivity index is 1.97. The SMILES string of the molecule is COC(=O)c1ccc(/C=C(\C#N)C(=O)c2c[nH]c3cc(Cl)ccc23)o1. The van der Waals surface area contributed by atoms with Gasteiger partial charge in [0.25, 0.3) is 0 Å². The molecule has 1 N–H and O–H groups in total. The lowest BCUT2D eigenvalue weighted by atomic mass is 10.0. The van der Waals surface area contributed by atoms with Crippen molar-refractivity contribution in [3.63, 3.8) is 0 Å². The number of aromatic nitrogens is 1. The van der Waals surface area contributed by atoms with Gasteiger partial charge in [0.05, 0.1) is 7.11 Å². The number of methoxy groups -OCH3 is 1. The Morgan fingerprint density at radius 3 is 2.84 bits per heavy atom. The molecule has 0 spiro atoms. The molecule has 3 aromatic rings. The maximum Gasteiger partial charge on any atom is 0.373 e. The molecule has 0 fully saturated rings. The largest absolute Gasteiger partial charge is 0.463 e. The summed E-state index contributed by atoms with van der Waals surface area (Å²) in [6.45, 7) is 0.